The second-order valence-electron chi connectivity index (χ2n) is 7.12. The average molecular weight is 308 g/mol. The van der Waals surface area contributed by atoms with E-state index in [1.54, 1.807) is 0 Å². The Morgan fingerprint density at radius 1 is 1.29 bits per heavy atom. The third-order valence-corrected chi connectivity index (χ3v) is 6.15. The van der Waals surface area contributed by atoms with Gasteiger partial charge in [-0.2, -0.15) is 0 Å². The first-order chi connectivity index (χ1) is 10.0. The summed E-state index contributed by atoms with van der Waals surface area (Å²) in [7, 11) is 2.08. The molecule has 0 spiro atoms. The third kappa shape index (κ3) is 3.10. The monoisotopic (exact) mass is 308 g/mol. The highest BCUT2D eigenvalue weighted by atomic mass is 32.1. The van der Waals surface area contributed by atoms with Crippen LogP contribution in [-0.4, -0.2) is 49.7 Å². The smallest absolute Gasteiger partial charge is 0.185 e. The lowest BCUT2D eigenvalue weighted by molar-refractivity contribution is 0.264. The van der Waals surface area contributed by atoms with Gasteiger partial charge in [0.2, 0.25) is 0 Å². The van der Waals surface area contributed by atoms with Crippen molar-refractivity contribution in [1.29, 1.82) is 0 Å². The molecule has 4 nitrogen and oxygen atoms in total. The quantitative estimate of drug-likeness (QED) is 0.930. The van der Waals surface area contributed by atoms with Crippen molar-refractivity contribution in [1.82, 2.24) is 15.2 Å². The number of hydrogen-bond donors (Lipinski definition) is 1. The number of nitrogens with zero attached hydrogens (tertiary/aromatic N) is 3. The number of anilines is 1. The molecule has 1 atom stereocenters. The van der Waals surface area contributed by atoms with Gasteiger partial charge >= 0.3 is 0 Å². The van der Waals surface area contributed by atoms with Crippen molar-refractivity contribution in [2.45, 2.75) is 39.7 Å². The maximum atomic E-state index is 5.01. The third-order valence-electron chi connectivity index (χ3n) is 4.87. The normalized spacial score (nSPS) is 25.9. The van der Waals surface area contributed by atoms with E-state index in [4.69, 9.17) is 4.98 Å². The van der Waals surface area contributed by atoms with E-state index >= 15 is 0 Å². The predicted octanol–water partition coefficient (Wildman–Crippen LogP) is 2.52. The van der Waals surface area contributed by atoms with Gasteiger partial charge in [0.05, 0.1) is 5.69 Å². The van der Waals surface area contributed by atoms with Crippen molar-refractivity contribution in [2.24, 2.45) is 5.41 Å². The lowest BCUT2D eigenvalue weighted by Gasteiger charge is -2.34. The fourth-order valence-electron chi connectivity index (χ4n) is 3.54. The molecule has 0 saturated carbocycles. The van der Waals surface area contributed by atoms with Crippen molar-refractivity contribution < 1.29 is 0 Å². The number of nitrogens with one attached hydrogen (secondary N) is 1. The van der Waals surface area contributed by atoms with Crippen LogP contribution in [0.2, 0.25) is 0 Å². The van der Waals surface area contributed by atoms with Crippen LogP contribution in [0.1, 0.15) is 43.8 Å². The number of aromatic nitrogens is 1. The van der Waals surface area contributed by atoms with Crippen LogP contribution in [-0.2, 0) is 6.42 Å². The van der Waals surface area contributed by atoms with E-state index in [0.29, 0.717) is 11.5 Å². The van der Waals surface area contributed by atoms with Crippen molar-refractivity contribution in [3.05, 3.63) is 10.6 Å². The van der Waals surface area contributed by atoms with Crippen LogP contribution in [0.5, 0.6) is 0 Å². The first kappa shape index (κ1) is 15.3. The van der Waals surface area contributed by atoms with E-state index in [0.717, 1.165) is 26.1 Å². The van der Waals surface area contributed by atoms with Gasteiger partial charge in [-0.1, -0.05) is 32.1 Å². The first-order valence-corrected chi connectivity index (χ1v) is 8.98. The second kappa shape index (κ2) is 5.86. The lowest BCUT2D eigenvalue weighted by atomic mass is 9.76. The zero-order valence-electron chi connectivity index (χ0n) is 13.8. The van der Waals surface area contributed by atoms with Crippen LogP contribution in [0.3, 0.4) is 0 Å². The van der Waals surface area contributed by atoms with Gasteiger partial charge in [0.15, 0.2) is 5.13 Å². The Kier molecular flexibility index (Phi) is 4.26. The Bertz CT molecular complexity index is 488. The molecular formula is C16H28N4S. The zero-order valence-corrected chi connectivity index (χ0v) is 14.6. The molecule has 1 aliphatic heterocycles. The highest BCUT2D eigenvalue weighted by Crippen LogP contribution is 2.44. The Morgan fingerprint density at radius 3 is 2.62 bits per heavy atom. The summed E-state index contributed by atoms with van der Waals surface area (Å²) >= 11 is 1.92. The summed E-state index contributed by atoms with van der Waals surface area (Å²) in [6.07, 6.45) is 2.33. The predicted molar refractivity (Wildman–Crippen MR) is 90.3 cm³/mol. The minimum Gasteiger partial charge on any atom is -0.346 e. The number of fused-ring (bicyclic) bond motifs is 1. The number of likely N-dealkylation sites (N-methyl/N-ethyl adjacent to an activating group) is 1. The van der Waals surface area contributed by atoms with Gasteiger partial charge < -0.3 is 15.1 Å². The summed E-state index contributed by atoms with van der Waals surface area (Å²) in [4.78, 5) is 11.5. The maximum Gasteiger partial charge on any atom is 0.185 e. The zero-order chi connectivity index (χ0) is 15.0. The largest absolute Gasteiger partial charge is 0.346 e. The van der Waals surface area contributed by atoms with E-state index in [9.17, 15) is 0 Å². The van der Waals surface area contributed by atoms with Crippen molar-refractivity contribution >= 4 is 16.5 Å². The van der Waals surface area contributed by atoms with Crippen molar-refractivity contribution in [3.8, 4) is 0 Å². The van der Waals surface area contributed by atoms with Crippen LogP contribution in [0.15, 0.2) is 0 Å². The Labute approximate surface area is 132 Å². The van der Waals surface area contributed by atoms with Gasteiger partial charge in [0.1, 0.15) is 0 Å². The molecule has 1 unspecified atom stereocenters. The molecule has 0 radical (unpaired) electrons. The number of thiazole rings is 1. The van der Waals surface area contributed by atoms with E-state index in [1.165, 1.54) is 35.2 Å². The van der Waals surface area contributed by atoms with Crippen LogP contribution in [0, 0.1) is 5.41 Å². The summed E-state index contributed by atoms with van der Waals surface area (Å²) in [5.41, 5.74) is 1.69. The lowest BCUT2D eigenvalue weighted by Crippen LogP contribution is -2.46. The van der Waals surface area contributed by atoms with Crippen LogP contribution >= 0.6 is 11.3 Å². The molecule has 5 heteroatoms. The minimum atomic E-state index is 0.354. The molecule has 2 aliphatic rings. The SMILES string of the molecule is CCN1CCN(c2nc3c(s2)C(NC)CC(C)(C)C3)CC1. The molecule has 1 N–H and O–H groups in total. The van der Waals surface area contributed by atoms with Crippen LogP contribution in [0.4, 0.5) is 5.13 Å². The van der Waals surface area contributed by atoms with E-state index in [2.05, 4.69) is 42.9 Å². The molecule has 1 aromatic rings. The van der Waals surface area contributed by atoms with Gasteiger partial charge in [0, 0.05) is 37.1 Å². The van der Waals surface area contributed by atoms with Gasteiger partial charge in [-0.15, -0.1) is 0 Å². The highest BCUT2D eigenvalue weighted by Gasteiger charge is 2.35. The molecule has 118 valence electrons. The number of rotatable bonds is 3. The van der Waals surface area contributed by atoms with E-state index in [-0.39, 0.29) is 0 Å². The Balaban J connectivity index is 1.79. The highest BCUT2D eigenvalue weighted by molar-refractivity contribution is 7.15. The molecule has 2 heterocycles. The number of piperazine rings is 1. The summed E-state index contributed by atoms with van der Waals surface area (Å²) < 4.78 is 0. The molecular weight excluding hydrogens is 280 g/mol. The Hall–Kier alpha value is -0.650. The maximum absolute atomic E-state index is 5.01. The molecule has 1 aromatic heterocycles. The van der Waals surface area contributed by atoms with E-state index in [1.807, 2.05) is 11.3 Å². The van der Waals surface area contributed by atoms with Gasteiger partial charge in [-0.05, 0) is 31.8 Å². The molecule has 0 aromatic carbocycles. The Morgan fingerprint density at radius 2 is 2.00 bits per heavy atom. The average Bonchev–Trinajstić information content (AvgIpc) is 2.88. The van der Waals surface area contributed by atoms with Gasteiger partial charge in [-0.3, -0.25) is 0 Å². The first-order valence-electron chi connectivity index (χ1n) is 8.16. The molecule has 0 bridgehead atoms. The minimum absolute atomic E-state index is 0.354. The summed E-state index contributed by atoms with van der Waals surface area (Å²) in [5.74, 6) is 0. The molecule has 1 aliphatic carbocycles. The molecule has 21 heavy (non-hydrogen) atoms. The van der Waals surface area contributed by atoms with Crippen LogP contribution < -0.4 is 10.2 Å². The fourth-order valence-corrected chi connectivity index (χ4v) is 4.79. The van der Waals surface area contributed by atoms with E-state index < -0.39 is 0 Å². The summed E-state index contributed by atoms with van der Waals surface area (Å²) in [5, 5.41) is 4.74. The van der Waals surface area contributed by atoms with Gasteiger partial charge in [-0.25, -0.2) is 4.98 Å². The molecule has 1 saturated heterocycles. The molecule has 0 amide bonds. The van der Waals surface area contributed by atoms with Crippen molar-refractivity contribution in [2.75, 3.05) is 44.7 Å². The second-order valence-corrected chi connectivity index (χ2v) is 8.12. The molecule has 3 rings (SSSR count). The van der Waals surface area contributed by atoms with Crippen LogP contribution in [0.25, 0.3) is 0 Å². The number of hydrogen-bond acceptors (Lipinski definition) is 5. The molecule has 1 fully saturated rings. The standard InChI is InChI=1S/C16H28N4S/c1-5-19-6-8-20(9-7-19)15-18-13-11-16(2,3)10-12(17-4)14(13)21-15/h12,17H,5-11H2,1-4H3. The van der Waals surface area contributed by atoms with Crippen molar-refractivity contribution in [3.63, 3.8) is 0 Å². The summed E-state index contributed by atoms with van der Waals surface area (Å²) in [6.45, 7) is 12.7. The topological polar surface area (TPSA) is 31.4 Å². The van der Waals surface area contributed by atoms with Gasteiger partial charge in [0.25, 0.3) is 0 Å². The summed E-state index contributed by atoms with van der Waals surface area (Å²) in [6, 6.07) is 0.479. The fraction of sp³-hybridized carbons (Fsp3) is 0.812.